The number of amides is 1. The van der Waals surface area contributed by atoms with E-state index in [0.29, 0.717) is 12.0 Å². The van der Waals surface area contributed by atoms with Crippen LogP contribution >= 0.6 is 12.4 Å². The van der Waals surface area contributed by atoms with Crippen molar-refractivity contribution in [1.29, 1.82) is 0 Å². The van der Waals surface area contributed by atoms with E-state index in [1.165, 1.54) is 0 Å². The Morgan fingerprint density at radius 2 is 1.91 bits per heavy atom. The van der Waals surface area contributed by atoms with Gasteiger partial charge in [-0.25, -0.2) is 0 Å². The second-order valence-corrected chi connectivity index (χ2v) is 6.21. The van der Waals surface area contributed by atoms with Crippen molar-refractivity contribution in [3.63, 3.8) is 0 Å². The van der Waals surface area contributed by atoms with Crippen LogP contribution in [0, 0.1) is 5.92 Å². The zero-order valence-corrected chi connectivity index (χ0v) is 14.7. The van der Waals surface area contributed by atoms with E-state index in [-0.39, 0.29) is 18.3 Å². The minimum absolute atomic E-state index is 0. The first kappa shape index (κ1) is 19.0. The summed E-state index contributed by atoms with van der Waals surface area (Å²) in [5.41, 5.74) is 0.736. The van der Waals surface area contributed by atoms with Crippen LogP contribution in [0.3, 0.4) is 0 Å². The number of hydrogen-bond acceptors (Lipinski definition) is 2. The molecule has 2 N–H and O–H groups in total. The monoisotopic (exact) mass is 324 g/mol. The lowest BCUT2D eigenvalue weighted by Crippen LogP contribution is -2.53. The molecular weight excluding hydrogens is 296 g/mol. The number of piperidine rings is 1. The molecule has 1 fully saturated rings. The molecule has 124 valence electrons. The average molecular weight is 325 g/mol. The molecule has 2 unspecified atom stereocenters. The highest BCUT2D eigenvalue weighted by Gasteiger charge is 2.38. The second kappa shape index (κ2) is 8.54. The fraction of sp³-hybridized carbons (Fsp3) is 0.611. The van der Waals surface area contributed by atoms with Gasteiger partial charge in [0.25, 0.3) is 0 Å². The van der Waals surface area contributed by atoms with Crippen molar-refractivity contribution >= 4 is 18.3 Å². The predicted octanol–water partition coefficient (Wildman–Crippen LogP) is 3.28. The highest BCUT2D eigenvalue weighted by Crippen LogP contribution is 2.32. The summed E-state index contributed by atoms with van der Waals surface area (Å²) in [7, 11) is 0. The quantitative estimate of drug-likeness (QED) is 0.872. The summed E-state index contributed by atoms with van der Waals surface area (Å²) in [5, 5.41) is 6.72. The molecule has 0 saturated carbocycles. The lowest BCUT2D eigenvalue weighted by Gasteiger charge is -2.36. The summed E-state index contributed by atoms with van der Waals surface area (Å²) in [6, 6.07) is 10.5. The molecule has 1 saturated heterocycles. The molecule has 2 atom stereocenters. The minimum Gasteiger partial charge on any atom is -0.352 e. The van der Waals surface area contributed by atoms with E-state index in [1.807, 2.05) is 18.2 Å². The van der Waals surface area contributed by atoms with E-state index >= 15 is 0 Å². The summed E-state index contributed by atoms with van der Waals surface area (Å²) >= 11 is 0. The lowest BCUT2D eigenvalue weighted by atomic mass is 9.74. The molecule has 0 aromatic heterocycles. The van der Waals surface area contributed by atoms with Crippen LogP contribution in [0.15, 0.2) is 30.3 Å². The summed E-state index contributed by atoms with van der Waals surface area (Å²) in [4.78, 5) is 13.0. The standard InChI is InChI=1S/C18H28N2O.ClH/c1-4-18(5-2,15-9-7-6-8-10-15)17(21)20-16-11-12-19-13-14(16)3;/h6-10,14,16,19H,4-5,11-13H2,1-3H3,(H,20,21);1H. The highest BCUT2D eigenvalue weighted by molar-refractivity contribution is 5.88. The molecule has 0 radical (unpaired) electrons. The van der Waals surface area contributed by atoms with Gasteiger partial charge in [0.05, 0.1) is 5.41 Å². The number of carbonyl (C=O) groups excluding carboxylic acids is 1. The molecule has 0 spiro atoms. The van der Waals surface area contributed by atoms with Crippen LogP contribution in [0.1, 0.15) is 45.6 Å². The van der Waals surface area contributed by atoms with E-state index in [9.17, 15) is 4.79 Å². The van der Waals surface area contributed by atoms with Crippen LogP contribution in [-0.2, 0) is 10.2 Å². The van der Waals surface area contributed by atoms with Gasteiger partial charge in [-0.3, -0.25) is 4.79 Å². The van der Waals surface area contributed by atoms with Crippen molar-refractivity contribution in [1.82, 2.24) is 10.6 Å². The maximum Gasteiger partial charge on any atom is 0.230 e. The molecule has 3 nitrogen and oxygen atoms in total. The van der Waals surface area contributed by atoms with Gasteiger partial charge in [-0.1, -0.05) is 51.1 Å². The minimum atomic E-state index is -0.397. The van der Waals surface area contributed by atoms with Crippen molar-refractivity contribution < 1.29 is 4.79 Å². The van der Waals surface area contributed by atoms with E-state index < -0.39 is 5.41 Å². The summed E-state index contributed by atoms with van der Waals surface area (Å²) in [6.07, 6.45) is 2.68. The summed E-state index contributed by atoms with van der Waals surface area (Å²) in [5.74, 6) is 0.683. The van der Waals surface area contributed by atoms with Crippen molar-refractivity contribution in [3.05, 3.63) is 35.9 Å². The number of nitrogens with one attached hydrogen (secondary N) is 2. The van der Waals surface area contributed by atoms with Crippen LogP contribution in [0.25, 0.3) is 0 Å². The third kappa shape index (κ3) is 3.82. The Labute approximate surface area is 140 Å². The molecule has 0 bridgehead atoms. The van der Waals surface area contributed by atoms with Crippen LogP contribution in [0.2, 0.25) is 0 Å². The number of carbonyl (C=O) groups is 1. The van der Waals surface area contributed by atoms with Crippen molar-refractivity contribution in [2.75, 3.05) is 13.1 Å². The topological polar surface area (TPSA) is 41.1 Å². The SMILES string of the molecule is CCC(CC)(C(=O)NC1CCNCC1C)c1ccccc1.Cl. The fourth-order valence-electron chi connectivity index (χ4n) is 3.40. The number of halogens is 1. The van der Waals surface area contributed by atoms with Gasteiger partial charge >= 0.3 is 0 Å². The second-order valence-electron chi connectivity index (χ2n) is 6.21. The maximum absolute atomic E-state index is 13.0. The van der Waals surface area contributed by atoms with Crippen LogP contribution in [-0.4, -0.2) is 25.0 Å². The highest BCUT2D eigenvalue weighted by atomic mass is 35.5. The lowest BCUT2D eigenvalue weighted by molar-refractivity contribution is -0.128. The Bertz CT molecular complexity index is 459. The van der Waals surface area contributed by atoms with Gasteiger partial charge in [-0.05, 0) is 43.8 Å². The first-order valence-corrected chi connectivity index (χ1v) is 8.21. The van der Waals surface area contributed by atoms with Crippen molar-refractivity contribution in [2.24, 2.45) is 5.92 Å². The molecule has 22 heavy (non-hydrogen) atoms. The first-order valence-electron chi connectivity index (χ1n) is 8.21. The smallest absolute Gasteiger partial charge is 0.230 e. The van der Waals surface area contributed by atoms with Crippen LogP contribution in [0.4, 0.5) is 0 Å². The van der Waals surface area contributed by atoms with Crippen LogP contribution < -0.4 is 10.6 Å². The van der Waals surface area contributed by atoms with Crippen molar-refractivity contribution in [2.45, 2.75) is 51.5 Å². The molecule has 1 aliphatic rings. The Morgan fingerprint density at radius 1 is 1.27 bits per heavy atom. The van der Waals surface area contributed by atoms with E-state index in [0.717, 1.165) is 37.9 Å². The molecule has 0 aliphatic carbocycles. The fourth-order valence-corrected chi connectivity index (χ4v) is 3.40. The van der Waals surface area contributed by atoms with Gasteiger partial charge < -0.3 is 10.6 Å². The zero-order chi connectivity index (χ0) is 15.3. The van der Waals surface area contributed by atoms with E-state index in [4.69, 9.17) is 0 Å². The molecule has 1 heterocycles. The van der Waals surface area contributed by atoms with Crippen LogP contribution in [0.5, 0.6) is 0 Å². The number of benzene rings is 1. The average Bonchev–Trinajstić information content (AvgIpc) is 2.52. The molecule has 1 amide bonds. The third-order valence-electron chi connectivity index (χ3n) is 5.07. The van der Waals surface area contributed by atoms with Gasteiger partial charge in [-0.15, -0.1) is 12.4 Å². The first-order chi connectivity index (χ1) is 10.1. The molecular formula is C18H29ClN2O. The zero-order valence-electron chi connectivity index (χ0n) is 13.9. The Balaban J connectivity index is 0.00000242. The molecule has 1 aromatic carbocycles. The molecule has 2 rings (SSSR count). The van der Waals surface area contributed by atoms with E-state index in [2.05, 4.69) is 43.5 Å². The Morgan fingerprint density at radius 3 is 2.45 bits per heavy atom. The summed E-state index contributed by atoms with van der Waals surface area (Å²) < 4.78 is 0. The van der Waals surface area contributed by atoms with Gasteiger partial charge in [0.15, 0.2) is 0 Å². The third-order valence-corrected chi connectivity index (χ3v) is 5.07. The maximum atomic E-state index is 13.0. The number of hydrogen-bond donors (Lipinski definition) is 2. The number of rotatable bonds is 5. The van der Waals surface area contributed by atoms with Gasteiger partial charge in [0, 0.05) is 6.04 Å². The summed E-state index contributed by atoms with van der Waals surface area (Å²) in [6.45, 7) is 8.41. The molecule has 4 heteroatoms. The van der Waals surface area contributed by atoms with E-state index in [1.54, 1.807) is 0 Å². The molecule has 1 aromatic rings. The van der Waals surface area contributed by atoms with Gasteiger partial charge in [0.1, 0.15) is 0 Å². The normalized spacial score (nSPS) is 21.8. The Kier molecular flexibility index (Phi) is 7.37. The van der Waals surface area contributed by atoms with Crippen molar-refractivity contribution in [3.8, 4) is 0 Å². The predicted molar refractivity (Wildman–Crippen MR) is 94.5 cm³/mol. The largest absolute Gasteiger partial charge is 0.352 e. The Hall–Kier alpha value is -1.06. The van der Waals surface area contributed by atoms with Gasteiger partial charge in [-0.2, -0.15) is 0 Å². The molecule has 1 aliphatic heterocycles. The van der Waals surface area contributed by atoms with Gasteiger partial charge in [0.2, 0.25) is 5.91 Å².